The van der Waals surface area contributed by atoms with E-state index in [4.69, 9.17) is 9.15 Å². The molecule has 0 aliphatic carbocycles. The lowest BCUT2D eigenvalue weighted by molar-refractivity contribution is 0.414. The van der Waals surface area contributed by atoms with E-state index in [0.29, 0.717) is 11.1 Å². The lowest BCUT2D eigenvalue weighted by Crippen LogP contribution is -2.14. The zero-order valence-electron chi connectivity index (χ0n) is 13.5. The highest BCUT2D eigenvalue weighted by Gasteiger charge is 2.23. The number of rotatable bonds is 3. The fraction of sp³-hybridized carbons (Fsp3) is 0.167. The largest absolute Gasteiger partial charge is 0.497 e. The van der Waals surface area contributed by atoms with E-state index in [2.05, 4.69) is 0 Å². The smallest absolute Gasteiger partial charge is 0.355 e. The lowest BCUT2D eigenvalue weighted by atomic mass is 10.1. The zero-order valence-corrected chi connectivity index (χ0v) is 14.3. The van der Waals surface area contributed by atoms with Crippen LogP contribution in [-0.2, 0) is 9.84 Å². The molecular weight excluding hydrogens is 328 g/mol. The highest BCUT2D eigenvalue weighted by molar-refractivity contribution is 7.91. The molecule has 0 saturated heterocycles. The summed E-state index contributed by atoms with van der Waals surface area (Å²) in [7, 11) is -2.46. The minimum Gasteiger partial charge on any atom is -0.497 e. The average Bonchev–Trinajstić information content (AvgIpc) is 2.55. The van der Waals surface area contributed by atoms with Crippen LogP contribution < -0.4 is 10.4 Å². The predicted octanol–water partition coefficient (Wildman–Crippen LogP) is 3.25. The number of sulfone groups is 1. The van der Waals surface area contributed by atoms with Crippen LogP contribution in [0.1, 0.15) is 11.1 Å². The Morgan fingerprint density at radius 3 is 2.38 bits per heavy atom. The van der Waals surface area contributed by atoms with Crippen molar-refractivity contribution in [2.24, 2.45) is 0 Å². The van der Waals surface area contributed by atoms with E-state index in [-0.39, 0.29) is 15.4 Å². The first-order valence-electron chi connectivity index (χ1n) is 7.27. The average molecular weight is 344 g/mol. The van der Waals surface area contributed by atoms with Crippen molar-refractivity contribution in [3.63, 3.8) is 0 Å². The Bertz CT molecular complexity index is 1090. The van der Waals surface area contributed by atoms with Gasteiger partial charge in [0.05, 0.1) is 12.0 Å². The first-order chi connectivity index (χ1) is 11.3. The number of hydrogen-bond donors (Lipinski definition) is 0. The van der Waals surface area contributed by atoms with E-state index in [1.807, 2.05) is 13.8 Å². The molecule has 1 aromatic heterocycles. The van der Waals surface area contributed by atoms with Crippen LogP contribution in [0.25, 0.3) is 11.0 Å². The Hall–Kier alpha value is -2.60. The lowest BCUT2D eigenvalue weighted by Gasteiger charge is -2.07. The first kappa shape index (κ1) is 16.3. The summed E-state index contributed by atoms with van der Waals surface area (Å²) < 4.78 is 35.9. The maximum Gasteiger partial charge on any atom is 0.355 e. The molecule has 0 N–H and O–H groups in total. The first-order valence-corrected chi connectivity index (χ1v) is 8.75. The molecule has 0 aliphatic rings. The molecule has 2 aromatic carbocycles. The fourth-order valence-electron chi connectivity index (χ4n) is 2.39. The van der Waals surface area contributed by atoms with Crippen LogP contribution in [0.4, 0.5) is 0 Å². The molecule has 5 nitrogen and oxygen atoms in total. The molecule has 0 spiro atoms. The molecule has 124 valence electrons. The van der Waals surface area contributed by atoms with Gasteiger partial charge in [-0.2, -0.15) is 0 Å². The third kappa shape index (κ3) is 2.69. The SMILES string of the molecule is COc1ccc2cc(S(=O)(=O)c3ccc(C)c(C)c3)c(=O)oc2c1. The Balaban J connectivity index is 2.22. The number of hydrogen-bond acceptors (Lipinski definition) is 5. The van der Waals surface area contributed by atoms with Crippen molar-refractivity contribution in [2.45, 2.75) is 23.6 Å². The van der Waals surface area contributed by atoms with Crippen molar-refractivity contribution >= 4 is 20.8 Å². The Kier molecular flexibility index (Phi) is 3.93. The molecule has 1 heterocycles. The van der Waals surface area contributed by atoms with Gasteiger partial charge in [-0.3, -0.25) is 0 Å². The van der Waals surface area contributed by atoms with Crippen LogP contribution in [0.15, 0.2) is 61.5 Å². The van der Waals surface area contributed by atoms with Gasteiger partial charge in [0.15, 0.2) is 4.90 Å². The number of benzene rings is 2. The van der Waals surface area contributed by atoms with Crippen molar-refractivity contribution in [3.8, 4) is 5.75 Å². The van der Waals surface area contributed by atoms with Gasteiger partial charge in [-0.25, -0.2) is 13.2 Å². The monoisotopic (exact) mass is 344 g/mol. The summed E-state index contributed by atoms with van der Waals surface area (Å²) in [6.07, 6.45) is 0. The molecule has 6 heteroatoms. The van der Waals surface area contributed by atoms with E-state index < -0.39 is 15.5 Å². The number of methoxy groups -OCH3 is 1. The van der Waals surface area contributed by atoms with E-state index in [1.165, 1.54) is 19.2 Å². The molecule has 0 radical (unpaired) electrons. The topological polar surface area (TPSA) is 73.6 Å². The van der Waals surface area contributed by atoms with Crippen LogP contribution in [0.5, 0.6) is 5.75 Å². The zero-order chi connectivity index (χ0) is 17.5. The molecule has 0 amide bonds. The second-order valence-electron chi connectivity index (χ2n) is 5.55. The summed E-state index contributed by atoms with van der Waals surface area (Å²) in [4.78, 5) is 11.9. The maximum absolute atomic E-state index is 12.8. The molecule has 0 atom stereocenters. The van der Waals surface area contributed by atoms with Crippen molar-refractivity contribution < 1.29 is 17.6 Å². The van der Waals surface area contributed by atoms with E-state index in [9.17, 15) is 13.2 Å². The molecule has 0 saturated carbocycles. The minimum atomic E-state index is -3.95. The van der Waals surface area contributed by atoms with Gasteiger partial charge in [0.25, 0.3) is 0 Å². The molecular formula is C18H16O5S. The maximum atomic E-state index is 12.8. The molecule has 3 rings (SSSR count). The molecule has 0 aliphatic heterocycles. The minimum absolute atomic E-state index is 0.0748. The highest BCUT2D eigenvalue weighted by atomic mass is 32.2. The molecule has 0 fully saturated rings. The van der Waals surface area contributed by atoms with Gasteiger partial charge in [0, 0.05) is 11.5 Å². The Labute approximate surface area is 139 Å². The van der Waals surface area contributed by atoms with E-state index in [0.717, 1.165) is 11.1 Å². The van der Waals surface area contributed by atoms with Crippen LogP contribution in [0, 0.1) is 13.8 Å². The van der Waals surface area contributed by atoms with Crippen molar-refractivity contribution in [1.82, 2.24) is 0 Å². The Morgan fingerprint density at radius 1 is 0.958 bits per heavy atom. The summed E-state index contributed by atoms with van der Waals surface area (Å²) in [5, 5.41) is 0.512. The molecule has 24 heavy (non-hydrogen) atoms. The van der Waals surface area contributed by atoms with Gasteiger partial charge in [-0.1, -0.05) is 6.07 Å². The van der Waals surface area contributed by atoms with E-state index in [1.54, 1.807) is 30.3 Å². The van der Waals surface area contributed by atoms with Gasteiger partial charge in [0.1, 0.15) is 11.3 Å². The van der Waals surface area contributed by atoms with Crippen molar-refractivity contribution in [1.29, 1.82) is 0 Å². The van der Waals surface area contributed by atoms with Gasteiger partial charge in [-0.05, 0) is 55.3 Å². The Morgan fingerprint density at radius 2 is 1.71 bits per heavy atom. The molecule has 3 aromatic rings. The van der Waals surface area contributed by atoms with Gasteiger partial charge in [0.2, 0.25) is 9.84 Å². The second kappa shape index (κ2) is 5.79. The van der Waals surface area contributed by atoms with Gasteiger partial charge < -0.3 is 9.15 Å². The van der Waals surface area contributed by atoms with Crippen LogP contribution in [0.2, 0.25) is 0 Å². The van der Waals surface area contributed by atoms with Crippen molar-refractivity contribution in [3.05, 3.63) is 64.0 Å². The predicted molar refractivity (Wildman–Crippen MR) is 90.4 cm³/mol. The van der Waals surface area contributed by atoms with Gasteiger partial charge in [-0.15, -0.1) is 0 Å². The third-order valence-corrected chi connectivity index (χ3v) is 5.73. The fourth-order valence-corrected chi connectivity index (χ4v) is 3.77. The number of fused-ring (bicyclic) bond motifs is 1. The van der Waals surface area contributed by atoms with E-state index >= 15 is 0 Å². The summed E-state index contributed by atoms with van der Waals surface area (Å²) in [5.74, 6) is 0.524. The summed E-state index contributed by atoms with van der Waals surface area (Å²) in [6.45, 7) is 3.72. The second-order valence-corrected chi connectivity index (χ2v) is 7.47. The normalized spacial score (nSPS) is 11.6. The summed E-state index contributed by atoms with van der Waals surface area (Å²) in [5.41, 5.74) is 1.20. The van der Waals surface area contributed by atoms with Crippen LogP contribution >= 0.6 is 0 Å². The quantitative estimate of drug-likeness (QED) is 0.682. The molecule has 0 unspecified atom stereocenters. The number of aryl methyl sites for hydroxylation is 2. The van der Waals surface area contributed by atoms with Crippen LogP contribution in [0.3, 0.4) is 0 Å². The van der Waals surface area contributed by atoms with Crippen molar-refractivity contribution in [2.75, 3.05) is 7.11 Å². The van der Waals surface area contributed by atoms with Gasteiger partial charge >= 0.3 is 5.63 Å². The molecule has 0 bridgehead atoms. The third-order valence-electron chi connectivity index (χ3n) is 3.99. The summed E-state index contributed by atoms with van der Waals surface area (Å²) >= 11 is 0. The standard InChI is InChI=1S/C18H16O5S/c1-11-4-7-15(8-12(11)2)24(20,21)17-9-13-5-6-14(22-3)10-16(13)23-18(17)19/h4-10H,1-3H3. The summed E-state index contributed by atoms with van der Waals surface area (Å²) in [6, 6.07) is 11.0. The highest BCUT2D eigenvalue weighted by Crippen LogP contribution is 2.25. The number of ether oxygens (including phenoxy) is 1. The van der Waals surface area contributed by atoms with Crippen LogP contribution in [-0.4, -0.2) is 15.5 Å².